The highest BCUT2D eigenvalue weighted by Crippen LogP contribution is 2.28. The smallest absolute Gasteiger partial charge is 0.324 e. The molecule has 0 spiro atoms. The van der Waals surface area contributed by atoms with Crippen LogP contribution in [0.5, 0.6) is 0 Å². The maximum atomic E-state index is 12.8. The van der Waals surface area contributed by atoms with Crippen LogP contribution in [0.3, 0.4) is 0 Å². The molecule has 2 aliphatic heterocycles. The number of rotatable bonds is 3. The second-order valence-electron chi connectivity index (χ2n) is 5.98. The lowest BCUT2D eigenvalue weighted by atomic mass is 10.2. The number of nitro groups is 1. The predicted molar refractivity (Wildman–Crippen MR) is 89.1 cm³/mol. The van der Waals surface area contributed by atoms with Gasteiger partial charge in [-0.1, -0.05) is 11.3 Å². The van der Waals surface area contributed by atoms with E-state index in [2.05, 4.69) is 5.32 Å². The quantitative estimate of drug-likeness (QED) is 0.649. The normalized spacial score (nSPS) is 21.6. The van der Waals surface area contributed by atoms with E-state index in [1.165, 1.54) is 12.1 Å². The van der Waals surface area contributed by atoms with Gasteiger partial charge in [-0.25, -0.2) is 0 Å². The Labute approximate surface area is 143 Å². The third-order valence-electron chi connectivity index (χ3n) is 4.43. The van der Waals surface area contributed by atoms with Crippen LogP contribution < -0.4 is 5.32 Å². The molecule has 0 saturated carbocycles. The summed E-state index contributed by atoms with van der Waals surface area (Å²) in [6.45, 7) is 3.54. The molecule has 1 aromatic heterocycles. The first-order chi connectivity index (χ1) is 11.6. The third-order valence-corrected chi connectivity index (χ3v) is 5.46. The van der Waals surface area contributed by atoms with Crippen molar-refractivity contribution < 1.29 is 14.5 Å². The second-order valence-corrected chi connectivity index (χ2v) is 7.04. The number of carbonyl (C=O) groups is 2. The Hall–Kier alpha value is -2.00. The summed E-state index contributed by atoms with van der Waals surface area (Å²) < 4.78 is 0. The van der Waals surface area contributed by atoms with E-state index in [1.54, 1.807) is 4.90 Å². The molecule has 0 radical (unpaired) electrons. The van der Waals surface area contributed by atoms with Gasteiger partial charge in [-0.15, -0.1) is 0 Å². The fraction of sp³-hybridized carbons (Fsp3) is 0.600. The largest absolute Gasteiger partial charge is 0.340 e. The summed E-state index contributed by atoms with van der Waals surface area (Å²) in [6, 6.07) is 2.36. The summed E-state index contributed by atoms with van der Waals surface area (Å²) in [5.74, 6) is -0.285. The van der Waals surface area contributed by atoms with Gasteiger partial charge in [0.2, 0.25) is 5.91 Å². The average molecular weight is 352 g/mol. The van der Waals surface area contributed by atoms with Gasteiger partial charge in [-0.05, 0) is 31.9 Å². The number of thiophene rings is 1. The predicted octanol–water partition coefficient (Wildman–Crippen LogP) is 1.08. The first kappa shape index (κ1) is 16.8. The maximum Gasteiger partial charge on any atom is 0.324 e. The molecule has 1 atom stereocenters. The molecule has 3 heterocycles. The van der Waals surface area contributed by atoms with Crippen LogP contribution in [0.4, 0.5) is 5.00 Å². The van der Waals surface area contributed by atoms with Gasteiger partial charge in [0.1, 0.15) is 6.04 Å². The molecule has 9 heteroatoms. The van der Waals surface area contributed by atoms with Crippen LogP contribution in [0.25, 0.3) is 0 Å². The van der Waals surface area contributed by atoms with E-state index >= 15 is 0 Å². The Morgan fingerprint density at radius 1 is 1.21 bits per heavy atom. The minimum atomic E-state index is -0.502. The van der Waals surface area contributed by atoms with Gasteiger partial charge in [0.15, 0.2) is 0 Å². The van der Waals surface area contributed by atoms with Gasteiger partial charge in [-0.2, -0.15) is 0 Å². The van der Waals surface area contributed by atoms with Crippen LogP contribution in [0.1, 0.15) is 28.9 Å². The van der Waals surface area contributed by atoms with Crippen molar-refractivity contribution in [2.24, 2.45) is 0 Å². The summed E-state index contributed by atoms with van der Waals surface area (Å²) in [7, 11) is 0. The summed E-state index contributed by atoms with van der Waals surface area (Å²) in [6.07, 6.45) is 2.34. The Morgan fingerprint density at radius 3 is 2.79 bits per heavy atom. The highest BCUT2D eigenvalue weighted by molar-refractivity contribution is 7.17. The Morgan fingerprint density at radius 2 is 2.04 bits per heavy atom. The van der Waals surface area contributed by atoms with E-state index in [0.717, 1.165) is 37.3 Å². The molecule has 2 fully saturated rings. The fourth-order valence-corrected chi connectivity index (χ4v) is 4.00. The molecule has 3 rings (SSSR count). The van der Waals surface area contributed by atoms with Crippen molar-refractivity contribution in [3.8, 4) is 0 Å². The van der Waals surface area contributed by atoms with E-state index in [1.807, 2.05) is 4.90 Å². The van der Waals surface area contributed by atoms with E-state index < -0.39 is 11.0 Å². The van der Waals surface area contributed by atoms with Crippen LogP contribution in [0, 0.1) is 10.1 Å². The van der Waals surface area contributed by atoms with Gasteiger partial charge in [0.05, 0.1) is 9.80 Å². The zero-order chi connectivity index (χ0) is 17.1. The van der Waals surface area contributed by atoms with E-state index in [0.29, 0.717) is 30.9 Å². The van der Waals surface area contributed by atoms with Gasteiger partial charge in [-0.3, -0.25) is 19.7 Å². The molecule has 2 aliphatic rings. The van der Waals surface area contributed by atoms with Crippen molar-refractivity contribution in [1.82, 2.24) is 15.1 Å². The molecule has 1 aromatic rings. The molecular formula is C15H20N4O4S. The van der Waals surface area contributed by atoms with Gasteiger partial charge in [0, 0.05) is 32.2 Å². The van der Waals surface area contributed by atoms with Crippen molar-refractivity contribution in [3.05, 3.63) is 27.1 Å². The van der Waals surface area contributed by atoms with E-state index in [4.69, 9.17) is 0 Å². The lowest BCUT2D eigenvalue weighted by Crippen LogP contribution is -2.48. The lowest BCUT2D eigenvalue weighted by Gasteiger charge is -2.29. The van der Waals surface area contributed by atoms with Gasteiger partial charge < -0.3 is 15.1 Å². The standard InChI is InChI=1S/C15H20N4O4S/c20-14(17-8-2-6-16-7-10-17)11-3-1-9-18(11)15(21)12-4-5-13(24-12)19(22)23/h4-5,11,16H,1-3,6-10H2. The van der Waals surface area contributed by atoms with E-state index in [-0.39, 0.29) is 16.8 Å². The molecule has 2 amide bonds. The summed E-state index contributed by atoms with van der Waals surface area (Å²) in [4.78, 5) is 39.5. The Balaban J connectivity index is 1.72. The highest BCUT2D eigenvalue weighted by atomic mass is 32.1. The zero-order valence-electron chi connectivity index (χ0n) is 13.3. The molecule has 1 N–H and O–H groups in total. The summed E-state index contributed by atoms with van der Waals surface area (Å²) in [5, 5.41) is 14.0. The van der Waals surface area contributed by atoms with Crippen LogP contribution in [-0.4, -0.2) is 65.3 Å². The molecular weight excluding hydrogens is 332 g/mol. The van der Waals surface area contributed by atoms with E-state index in [9.17, 15) is 19.7 Å². The monoisotopic (exact) mass is 352 g/mol. The number of nitrogens with one attached hydrogen (secondary N) is 1. The molecule has 24 heavy (non-hydrogen) atoms. The van der Waals surface area contributed by atoms with Crippen molar-refractivity contribution in [2.45, 2.75) is 25.3 Å². The summed E-state index contributed by atoms with van der Waals surface area (Å²) in [5.41, 5.74) is 0. The molecule has 0 bridgehead atoms. The number of carbonyl (C=O) groups excluding carboxylic acids is 2. The molecule has 0 aliphatic carbocycles. The van der Waals surface area contributed by atoms with Crippen molar-refractivity contribution in [3.63, 3.8) is 0 Å². The SMILES string of the molecule is O=C(C1CCCN1C(=O)c1ccc([N+](=O)[O-])s1)N1CCCNCC1. The average Bonchev–Trinajstić information content (AvgIpc) is 3.17. The Kier molecular flexibility index (Phi) is 5.10. The van der Waals surface area contributed by atoms with Crippen LogP contribution in [0.15, 0.2) is 12.1 Å². The van der Waals surface area contributed by atoms with Gasteiger partial charge >= 0.3 is 5.00 Å². The summed E-state index contributed by atoms with van der Waals surface area (Å²) >= 11 is 0.863. The van der Waals surface area contributed by atoms with Crippen LogP contribution >= 0.6 is 11.3 Å². The van der Waals surface area contributed by atoms with Gasteiger partial charge in [0.25, 0.3) is 5.91 Å². The van der Waals surface area contributed by atoms with Crippen molar-refractivity contribution in [1.29, 1.82) is 0 Å². The Bertz CT molecular complexity index is 639. The number of hydrogen-bond donors (Lipinski definition) is 1. The third kappa shape index (κ3) is 3.41. The maximum absolute atomic E-state index is 12.8. The zero-order valence-corrected chi connectivity index (χ0v) is 14.1. The number of likely N-dealkylation sites (tertiary alicyclic amines) is 1. The molecule has 1 unspecified atom stereocenters. The topological polar surface area (TPSA) is 95.8 Å². The molecule has 8 nitrogen and oxygen atoms in total. The highest BCUT2D eigenvalue weighted by Gasteiger charge is 2.37. The lowest BCUT2D eigenvalue weighted by molar-refractivity contribution is -0.380. The number of hydrogen-bond acceptors (Lipinski definition) is 6. The van der Waals surface area contributed by atoms with Crippen LogP contribution in [-0.2, 0) is 4.79 Å². The fourth-order valence-electron chi connectivity index (χ4n) is 3.23. The number of amides is 2. The number of nitrogens with zero attached hydrogens (tertiary/aromatic N) is 3. The second kappa shape index (κ2) is 7.27. The van der Waals surface area contributed by atoms with Crippen molar-refractivity contribution in [2.75, 3.05) is 32.7 Å². The van der Waals surface area contributed by atoms with Crippen LogP contribution in [0.2, 0.25) is 0 Å². The molecule has 2 saturated heterocycles. The molecule has 0 aromatic carbocycles. The molecule has 130 valence electrons. The minimum absolute atomic E-state index is 0.00407. The van der Waals surface area contributed by atoms with Crippen molar-refractivity contribution >= 4 is 28.2 Å². The first-order valence-electron chi connectivity index (χ1n) is 8.12. The minimum Gasteiger partial charge on any atom is -0.340 e. The first-order valence-corrected chi connectivity index (χ1v) is 8.94.